The van der Waals surface area contributed by atoms with Crippen LogP contribution in [0.4, 0.5) is 5.69 Å². The fourth-order valence-electron chi connectivity index (χ4n) is 3.79. The molecule has 0 heterocycles. The summed E-state index contributed by atoms with van der Waals surface area (Å²) in [4.78, 5) is 14.6. The molecule has 0 saturated carbocycles. The highest BCUT2D eigenvalue weighted by Crippen LogP contribution is 2.40. The minimum Gasteiger partial charge on any atom is -0.496 e. The van der Waals surface area contributed by atoms with E-state index in [1.165, 1.54) is 37.7 Å². The second kappa shape index (κ2) is 15.5. The van der Waals surface area contributed by atoms with Crippen LogP contribution in [0.25, 0.3) is 0 Å². The lowest BCUT2D eigenvalue weighted by atomic mass is 10.1. The Morgan fingerprint density at radius 1 is 0.853 bits per heavy atom. The molecule has 1 unspecified atom stereocenters. The van der Waals surface area contributed by atoms with E-state index in [0.717, 1.165) is 30.6 Å². The second-order valence-electron chi connectivity index (χ2n) is 8.45. The molecule has 0 aliphatic heterocycles. The first-order valence-electron chi connectivity index (χ1n) is 12.4. The Kier molecular flexibility index (Phi) is 12.8. The quantitative estimate of drug-likeness (QED) is 0.196. The summed E-state index contributed by atoms with van der Waals surface area (Å²) in [5, 5.41) is 2.87. The lowest BCUT2D eigenvalue weighted by Crippen LogP contribution is -2.25. The van der Waals surface area contributed by atoms with Gasteiger partial charge in [-0.25, -0.2) is 0 Å². The van der Waals surface area contributed by atoms with E-state index in [2.05, 4.69) is 43.4 Å². The summed E-state index contributed by atoms with van der Waals surface area (Å²) >= 11 is 1.63. The Bertz CT molecular complexity index is 844. The van der Waals surface area contributed by atoms with Crippen molar-refractivity contribution in [2.24, 2.45) is 0 Å². The number of hydrogen-bond acceptors (Lipinski definition) is 5. The van der Waals surface area contributed by atoms with Crippen molar-refractivity contribution in [2.75, 3.05) is 26.6 Å². The summed E-state index contributed by atoms with van der Waals surface area (Å²) in [5.41, 5.74) is 1.88. The first-order chi connectivity index (χ1) is 16.6. The van der Waals surface area contributed by atoms with Gasteiger partial charge in [0.1, 0.15) is 22.9 Å². The van der Waals surface area contributed by atoms with Gasteiger partial charge in [0.25, 0.3) is 0 Å². The number of benzene rings is 2. The van der Waals surface area contributed by atoms with Crippen molar-refractivity contribution < 1.29 is 19.0 Å². The number of carbonyl (C=O) groups excluding carboxylic acids is 1. The van der Waals surface area contributed by atoms with Crippen LogP contribution in [0.5, 0.6) is 17.2 Å². The Labute approximate surface area is 210 Å². The molecule has 0 aliphatic carbocycles. The zero-order valence-corrected chi connectivity index (χ0v) is 22.3. The number of thioether (sulfide) groups is 1. The number of nitrogens with one attached hydrogen (secondary N) is 1. The third kappa shape index (κ3) is 8.79. The minimum atomic E-state index is -0.209. The molecule has 0 spiro atoms. The van der Waals surface area contributed by atoms with E-state index in [4.69, 9.17) is 14.2 Å². The van der Waals surface area contributed by atoms with Crippen LogP contribution in [-0.4, -0.2) is 32.5 Å². The van der Waals surface area contributed by atoms with Crippen molar-refractivity contribution in [3.05, 3.63) is 42.0 Å². The number of unbranched alkanes of at least 4 members (excludes halogenated alkanes) is 5. The molecule has 6 heteroatoms. The molecule has 0 bridgehead atoms. The fraction of sp³-hybridized carbons (Fsp3) is 0.536. The molecule has 2 aromatic carbocycles. The van der Waals surface area contributed by atoms with Crippen molar-refractivity contribution in [1.29, 1.82) is 0 Å². The second-order valence-corrected chi connectivity index (χ2v) is 9.73. The Morgan fingerprint density at radius 2 is 1.47 bits per heavy atom. The molecule has 0 aliphatic rings. The molecule has 0 radical (unpaired) electrons. The van der Waals surface area contributed by atoms with Gasteiger partial charge in [0, 0.05) is 17.0 Å². The molecule has 188 valence electrons. The van der Waals surface area contributed by atoms with E-state index in [-0.39, 0.29) is 11.2 Å². The normalized spacial score (nSPS) is 11.7. The fourth-order valence-corrected chi connectivity index (χ4v) is 4.86. The van der Waals surface area contributed by atoms with Crippen molar-refractivity contribution in [3.63, 3.8) is 0 Å². The minimum absolute atomic E-state index is 0.0442. The zero-order valence-electron chi connectivity index (χ0n) is 21.4. The Balaban J connectivity index is 2.18. The summed E-state index contributed by atoms with van der Waals surface area (Å²) in [6, 6.07) is 12.1. The smallest absolute Gasteiger partial charge is 0.238 e. The summed E-state index contributed by atoms with van der Waals surface area (Å²) in [6.45, 7) is 4.42. The third-order valence-corrected chi connectivity index (χ3v) is 7.12. The van der Waals surface area contributed by atoms with Crippen molar-refractivity contribution in [1.82, 2.24) is 0 Å². The van der Waals surface area contributed by atoms with Gasteiger partial charge >= 0.3 is 0 Å². The van der Waals surface area contributed by atoms with Gasteiger partial charge in [-0.2, -0.15) is 0 Å². The standard InChI is InChI=1S/C28H41NO4S/c1-6-8-10-11-12-14-26(34-23-17-15-21(16-18-23)13-9-7-2)28(30)29-27-24(32-4)19-22(31-3)20-25(27)33-5/h15-20,26H,6-14H2,1-5H3,(H,29,30). The molecular formula is C28H41NO4S. The van der Waals surface area contributed by atoms with Crippen LogP contribution in [0.2, 0.25) is 0 Å². The SMILES string of the molecule is CCCCCCCC(Sc1ccc(CCCC)cc1)C(=O)Nc1c(OC)cc(OC)cc1OC. The molecule has 5 nitrogen and oxygen atoms in total. The molecule has 1 atom stereocenters. The number of carbonyl (C=O) groups is 1. The predicted molar refractivity (Wildman–Crippen MR) is 143 cm³/mol. The highest BCUT2D eigenvalue weighted by molar-refractivity contribution is 8.00. The number of ether oxygens (including phenoxy) is 3. The maximum absolute atomic E-state index is 13.5. The van der Waals surface area contributed by atoms with E-state index in [9.17, 15) is 4.79 Å². The van der Waals surface area contributed by atoms with E-state index in [1.807, 2.05) is 0 Å². The summed E-state index contributed by atoms with van der Waals surface area (Å²) in [7, 11) is 4.74. The van der Waals surface area contributed by atoms with Crippen LogP contribution in [0.15, 0.2) is 41.3 Å². The molecule has 0 aromatic heterocycles. The number of amides is 1. The lowest BCUT2D eigenvalue weighted by molar-refractivity contribution is -0.115. The maximum Gasteiger partial charge on any atom is 0.238 e. The number of rotatable bonds is 16. The average Bonchev–Trinajstić information content (AvgIpc) is 2.87. The molecule has 1 N–H and O–H groups in total. The molecule has 0 saturated heterocycles. The topological polar surface area (TPSA) is 56.8 Å². The number of hydrogen-bond donors (Lipinski definition) is 1. The van der Waals surface area contributed by atoms with E-state index in [0.29, 0.717) is 22.9 Å². The van der Waals surface area contributed by atoms with E-state index < -0.39 is 0 Å². The highest BCUT2D eigenvalue weighted by atomic mass is 32.2. The van der Waals surface area contributed by atoms with Gasteiger partial charge in [0.05, 0.1) is 26.6 Å². The van der Waals surface area contributed by atoms with E-state index in [1.54, 1.807) is 45.2 Å². The first kappa shape index (κ1) is 27.9. The molecule has 34 heavy (non-hydrogen) atoms. The van der Waals surface area contributed by atoms with Gasteiger partial charge in [-0.1, -0.05) is 64.5 Å². The van der Waals surface area contributed by atoms with Crippen molar-refractivity contribution in [2.45, 2.75) is 81.8 Å². The van der Waals surface area contributed by atoms with Gasteiger partial charge in [-0.3, -0.25) is 4.79 Å². The average molecular weight is 488 g/mol. The van der Waals surface area contributed by atoms with Gasteiger partial charge in [0.2, 0.25) is 5.91 Å². The summed E-state index contributed by atoms with van der Waals surface area (Å²) in [6.07, 6.45) is 10.1. The van der Waals surface area contributed by atoms with Gasteiger partial charge in [-0.15, -0.1) is 11.8 Å². The van der Waals surface area contributed by atoms with Crippen LogP contribution < -0.4 is 19.5 Å². The van der Waals surface area contributed by atoms with Crippen LogP contribution >= 0.6 is 11.8 Å². The number of methoxy groups -OCH3 is 3. The Morgan fingerprint density at radius 3 is 2.03 bits per heavy atom. The van der Waals surface area contributed by atoms with Crippen LogP contribution in [0.3, 0.4) is 0 Å². The van der Waals surface area contributed by atoms with Crippen molar-refractivity contribution in [3.8, 4) is 17.2 Å². The molecular weight excluding hydrogens is 446 g/mol. The zero-order chi connectivity index (χ0) is 24.8. The number of aryl methyl sites for hydroxylation is 1. The maximum atomic E-state index is 13.5. The van der Waals surface area contributed by atoms with Gasteiger partial charge in [-0.05, 0) is 37.0 Å². The molecule has 2 aromatic rings. The molecule has 0 fully saturated rings. The number of anilines is 1. The van der Waals surface area contributed by atoms with E-state index >= 15 is 0 Å². The van der Waals surface area contributed by atoms with Crippen LogP contribution in [0.1, 0.15) is 70.8 Å². The third-order valence-electron chi connectivity index (χ3n) is 5.85. The molecule has 1 amide bonds. The van der Waals surface area contributed by atoms with Gasteiger partial charge in [0.15, 0.2) is 0 Å². The van der Waals surface area contributed by atoms with Crippen LogP contribution in [-0.2, 0) is 11.2 Å². The highest BCUT2D eigenvalue weighted by Gasteiger charge is 2.23. The van der Waals surface area contributed by atoms with Crippen LogP contribution in [0, 0.1) is 0 Å². The largest absolute Gasteiger partial charge is 0.496 e. The summed E-state index contributed by atoms with van der Waals surface area (Å²) < 4.78 is 16.4. The van der Waals surface area contributed by atoms with Gasteiger partial charge < -0.3 is 19.5 Å². The lowest BCUT2D eigenvalue weighted by Gasteiger charge is -2.20. The predicted octanol–water partition coefficient (Wildman–Crippen LogP) is 7.51. The van der Waals surface area contributed by atoms with Crippen molar-refractivity contribution >= 4 is 23.4 Å². The molecule has 2 rings (SSSR count). The Hall–Kier alpha value is -2.34. The summed E-state index contributed by atoms with van der Waals surface area (Å²) in [5.74, 6) is 1.59. The monoisotopic (exact) mass is 487 g/mol. The first-order valence-corrected chi connectivity index (χ1v) is 13.3.